The maximum atomic E-state index is 13.7. The molecule has 3 heterocycles. The molecule has 4 rings (SSSR count). The van der Waals surface area contributed by atoms with Gasteiger partial charge in [-0.15, -0.1) is 0 Å². The van der Waals surface area contributed by atoms with Crippen LogP contribution in [0.1, 0.15) is 60.0 Å². The van der Waals surface area contributed by atoms with Gasteiger partial charge in [0.15, 0.2) is 16.9 Å². The number of carbonyl (C=O) groups excluding carboxylic acids is 1. The monoisotopic (exact) mass is 505 g/mol. The summed E-state index contributed by atoms with van der Waals surface area (Å²) in [5, 5.41) is 0. The van der Waals surface area contributed by atoms with E-state index in [4.69, 9.17) is 4.74 Å². The summed E-state index contributed by atoms with van der Waals surface area (Å²) in [4.78, 5) is 45.2. The highest BCUT2D eigenvalue weighted by Gasteiger charge is 2.23. The van der Waals surface area contributed by atoms with Gasteiger partial charge in [-0.1, -0.05) is 43.7 Å². The molecule has 1 unspecified atom stereocenters. The van der Waals surface area contributed by atoms with Gasteiger partial charge in [-0.25, -0.2) is 9.78 Å². The van der Waals surface area contributed by atoms with E-state index < -0.39 is 11.2 Å². The van der Waals surface area contributed by atoms with Crippen molar-refractivity contribution in [3.8, 4) is 0 Å². The number of ketones is 1. The van der Waals surface area contributed by atoms with Gasteiger partial charge in [0.25, 0.3) is 5.56 Å². The van der Waals surface area contributed by atoms with Gasteiger partial charge in [0.05, 0.1) is 32.1 Å². The minimum Gasteiger partial charge on any atom is -0.383 e. The molecule has 0 saturated heterocycles. The van der Waals surface area contributed by atoms with E-state index in [1.54, 1.807) is 18.0 Å². The van der Waals surface area contributed by atoms with Gasteiger partial charge in [-0.2, -0.15) is 0 Å². The number of hydrogen-bond acceptors (Lipinski definition) is 5. The van der Waals surface area contributed by atoms with E-state index in [2.05, 4.69) is 16.5 Å². The van der Waals surface area contributed by atoms with E-state index in [9.17, 15) is 14.4 Å². The predicted molar refractivity (Wildman–Crippen MR) is 144 cm³/mol. The molecular formula is C28H35N5O4. The van der Waals surface area contributed by atoms with E-state index in [0.717, 1.165) is 34.4 Å². The molecule has 1 aromatic carbocycles. The van der Waals surface area contributed by atoms with Gasteiger partial charge in [0.1, 0.15) is 0 Å². The number of rotatable bonds is 11. The van der Waals surface area contributed by atoms with Crippen molar-refractivity contribution < 1.29 is 9.53 Å². The zero-order chi connectivity index (χ0) is 26.7. The second-order valence-corrected chi connectivity index (χ2v) is 9.59. The third kappa shape index (κ3) is 5.09. The lowest BCUT2D eigenvalue weighted by atomic mass is 10.1. The number of benzene rings is 1. The highest BCUT2D eigenvalue weighted by Crippen LogP contribution is 2.21. The van der Waals surface area contributed by atoms with Crippen LogP contribution in [-0.4, -0.2) is 42.8 Å². The summed E-state index contributed by atoms with van der Waals surface area (Å²) in [7, 11) is 1.64. The van der Waals surface area contributed by atoms with Crippen LogP contribution >= 0.6 is 0 Å². The lowest BCUT2D eigenvalue weighted by molar-refractivity contribution is 0.0967. The molecule has 9 nitrogen and oxygen atoms in total. The Labute approximate surface area is 215 Å². The summed E-state index contributed by atoms with van der Waals surface area (Å²) in [6.45, 7) is 8.94. The summed E-state index contributed by atoms with van der Waals surface area (Å²) >= 11 is 0. The number of hydrogen-bond donors (Lipinski definition) is 0. The molecule has 0 spiro atoms. The maximum Gasteiger partial charge on any atom is 0.333 e. The first-order chi connectivity index (χ1) is 17.8. The number of unbranched alkanes of at least 4 members (excludes halogenated alkanes) is 1. The summed E-state index contributed by atoms with van der Waals surface area (Å²) in [6, 6.07) is 11.4. The van der Waals surface area contributed by atoms with Gasteiger partial charge in [-0.05, 0) is 38.8 Å². The average Bonchev–Trinajstić information content (AvgIpc) is 3.44. The molecule has 4 aromatic rings. The number of methoxy groups -OCH3 is 1. The van der Waals surface area contributed by atoms with Crippen molar-refractivity contribution in [1.29, 1.82) is 0 Å². The van der Waals surface area contributed by atoms with Crippen LogP contribution < -0.4 is 11.2 Å². The molecule has 0 radical (unpaired) electrons. The Morgan fingerprint density at radius 1 is 1.11 bits per heavy atom. The molecule has 0 bridgehead atoms. The number of fused-ring (bicyclic) bond motifs is 1. The standard InChI is InChI=1S/C28H35N5O4/c1-6-7-13-30-18-29-26-25(30)27(35)32(28(36)31(26)15-22-11-9-8-10-12-22)16-24(34)23-14-19(2)33(21(23)4)20(3)17-37-5/h8-12,14,18,20H,6-7,13,15-17H2,1-5H3. The topological polar surface area (TPSA) is 93.1 Å². The smallest absolute Gasteiger partial charge is 0.333 e. The molecule has 0 aliphatic carbocycles. The number of aryl methyl sites for hydroxylation is 2. The molecule has 0 amide bonds. The van der Waals surface area contributed by atoms with Crippen LogP contribution in [0.25, 0.3) is 11.2 Å². The van der Waals surface area contributed by atoms with Crippen molar-refractivity contribution in [2.75, 3.05) is 13.7 Å². The second kappa shape index (κ2) is 11.1. The Hall–Kier alpha value is -3.72. The van der Waals surface area contributed by atoms with Gasteiger partial charge >= 0.3 is 5.69 Å². The number of aromatic nitrogens is 5. The molecule has 0 aliphatic rings. The fourth-order valence-electron chi connectivity index (χ4n) is 5.07. The highest BCUT2D eigenvalue weighted by atomic mass is 16.5. The third-order valence-corrected chi connectivity index (χ3v) is 6.85. The van der Waals surface area contributed by atoms with Crippen molar-refractivity contribution in [3.05, 3.63) is 86.1 Å². The van der Waals surface area contributed by atoms with E-state index >= 15 is 0 Å². The zero-order valence-electron chi connectivity index (χ0n) is 22.2. The Morgan fingerprint density at radius 2 is 1.84 bits per heavy atom. The largest absolute Gasteiger partial charge is 0.383 e. The molecule has 37 heavy (non-hydrogen) atoms. The lowest BCUT2D eigenvalue weighted by Gasteiger charge is -2.17. The first-order valence-corrected chi connectivity index (χ1v) is 12.7. The molecule has 3 aromatic heterocycles. The van der Waals surface area contributed by atoms with Crippen LogP contribution in [-0.2, 0) is 24.4 Å². The fraction of sp³-hybridized carbons (Fsp3) is 0.429. The van der Waals surface area contributed by atoms with Crippen molar-refractivity contribution >= 4 is 16.9 Å². The minimum absolute atomic E-state index is 0.0432. The van der Waals surface area contributed by atoms with Crippen LogP contribution in [0, 0.1) is 13.8 Å². The van der Waals surface area contributed by atoms with Crippen LogP contribution in [0.4, 0.5) is 0 Å². The summed E-state index contributed by atoms with van der Waals surface area (Å²) < 4.78 is 11.7. The Bertz CT molecular complexity index is 1520. The molecule has 196 valence electrons. The summed E-state index contributed by atoms with van der Waals surface area (Å²) in [5.41, 5.74) is 2.76. The Kier molecular flexibility index (Phi) is 7.92. The molecule has 0 N–H and O–H groups in total. The van der Waals surface area contributed by atoms with Gasteiger partial charge in [-0.3, -0.25) is 18.7 Å². The van der Waals surface area contributed by atoms with E-state index in [-0.39, 0.29) is 24.9 Å². The number of imidazole rings is 1. The van der Waals surface area contributed by atoms with Crippen molar-refractivity contribution in [3.63, 3.8) is 0 Å². The van der Waals surface area contributed by atoms with E-state index in [1.807, 2.05) is 57.2 Å². The van der Waals surface area contributed by atoms with Crippen molar-refractivity contribution in [2.45, 2.75) is 66.2 Å². The number of Topliss-reactive ketones (excluding diaryl/α,β-unsaturated/α-hetero) is 1. The molecule has 0 saturated carbocycles. The van der Waals surface area contributed by atoms with Crippen LogP contribution in [0.15, 0.2) is 52.3 Å². The van der Waals surface area contributed by atoms with E-state index in [1.165, 1.54) is 4.57 Å². The van der Waals surface area contributed by atoms with Crippen LogP contribution in [0.5, 0.6) is 0 Å². The third-order valence-electron chi connectivity index (χ3n) is 6.85. The van der Waals surface area contributed by atoms with Crippen molar-refractivity contribution in [2.24, 2.45) is 0 Å². The van der Waals surface area contributed by atoms with Gasteiger partial charge in [0, 0.05) is 30.6 Å². The first kappa shape index (κ1) is 26.3. The molecule has 0 fully saturated rings. The molecule has 0 aliphatic heterocycles. The lowest BCUT2D eigenvalue weighted by Crippen LogP contribution is -2.42. The zero-order valence-corrected chi connectivity index (χ0v) is 22.2. The molecule has 1 atom stereocenters. The quantitative estimate of drug-likeness (QED) is 0.290. The van der Waals surface area contributed by atoms with E-state index in [0.29, 0.717) is 29.9 Å². The maximum absolute atomic E-state index is 13.7. The second-order valence-electron chi connectivity index (χ2n) is 9.59. The Balaban J connectivity index is 1.82. The summed E-state index contributed by atoms with van der Waals surface area (Å²) in [6.07, 6.45) is 3.43. The number of nitrogens with zero attached hydrogens (tertiary/aromatic N) is 5. The SMILES string of the molecule is CCCCn1cnc2c1c(=O)n(CC(=O)c1cc(C)n(C(C)COC)c1C)c(=O)n2Cc1ccccc1. The minimum atomic E-state index is -0.544. The van der Waals surface area contributed by atoms with Gasteiger partial charge < -0.3 is 13.9 Å². The number of carbonyl (C=O) groups is 1. The molecule has 9 heteroatoms. The molecular weight excluding hydrogens is 470 g/mol. The normalized spacial score (nSPS) is 12.4. The van der Waals surface area contributed by atoms with Crippen molar-refractivity contribution in [1.82, 2.24) is 23.3 Å². The highest BCUT2D eigenvalue weighted by molar-refractivity contribution is 5.97. The summed E-state index contributed by atoms with van der Waals surface area (Å²) in [5.74, 6) is -0.284. The first-order valence-electron chi connectivity index (χ1n) is 12.7. The average molecular weight is 506 g/mol. The van der Waals surface area contributed by atoms with Crippen LogP contribution in [0.3, 0.4) is 0 Å². The Morgan fingerprint density at radius 3 is 2.51 bits per heavy atom. The number of ether oxygens (including phenoxy) is 1. The predicted octanol–water partition coefficient (Wildman–Crippen LogP) is 3.72. The van der Waals surface area contributed by atoms with Gasteiger partial charge in [0.2, 0.25) is 0 Å². The fourth-order valence-corrected chi connectivity index (χ4v) is 5.07. The van der Waals surface area contributed by atoms with Crippen LogP contribution in [0.2, 0.25) is 0 Å².